The van der Waals surface area contributed by atoms with Gasteiger partial charge >= 0.3 is 0 Å². The summed E-state index contributed by atoms with van der Waals surface area (Å²) in [6.07, 6.45) is 0.385. The SMILES string of the molecule is CCOc1ccc(-c2nc([C@H]3CC(=O)N(c4ccc(C)cc4)C3)no2)cc1. The van der Waals surface area contributed by atoms with Gasteiger partial charge in [-0.2, -0.15) is 4.98 Å². The van der Waals surface area contributed by atoms with E-state index in [1.54, 1.807) is 4.90 Å². The summed E-state index contributed by atoms with van der Waals surface area (Å²) in [5, 5.41) is 4.11. The van der Waals surface area contributed by atoms with E-state index in [2.05, 4.69) is 10.1 Å². The van der Waals surface area contributed by atoms with E-state index in [9.17, 15) is 4.79 Å². The van der Waals surface area contributed by atoms with Crippen molar-refractivity contribution < 1.29 is 14.1 Å². The van der Waals surface area contributed by atoms with Crippen LogP contribution in [0.1, 0.15) is 30.7 Å². The molecule has 1 aliphatic rings. The molecule has 1 aromatic heterocycles. The largest absolute Gasteiger partial charge is 0.494 e. The molecule has 0 aliphatic carbocycles. The molecule has 1 saturated heterocycles. The quantitative estimate of drug-likeness (QED) is 0.686. The van der Waals surface area contributed by atoms with Crippen LogP contribution in [0.4, 0.5) is 5.69 Å². The van der Waals surface area contributed by atoms with Gasteiger partial charge in [0.15, 0.2) is 5.82 Å². The van der Waals surface area contributed by atoms with Crippen LogP contribution in [0.3, 0.4) is 0 Å². The Bertz CT molecular complexity index is 932. The number of amides is 1. The molecular formula is C21H21N3O3. The number of rotatable bonds is 5. The van der Waals surface area contributed by atoms with E-state index in [0.29, 0.717) is 31.3 Å². The molecule has 4 rings (SSSR count). The van der Waals surface area contributed by atoms with Crippen LogP contribution in [0.5, 0.6) is 5.75 Å². The molecule has 27 heavy (non-hydrogen) atoms. The van der Waals surface area contributed by atoms with Crippen molar-refractivity contribution in [3.8, 4) is 17.2 Å². The van der Waals surface area contributed by atoms with Gasteiger partial charge in [0.1, 0.15) is 5.75 Å². The lowest BCUT2D eigenvalue weighted by atomic mass is 10.1. The first-order valence-corrected chi connectivity index (χ1v) is 9.08. The molecule has 1 atom stereocenters. The van der Waals surface area contributed by atoms with Gasteiger partial charge < -0.3 is 14.2 Å². The number of hydrogen-bond donors (Lipinski definition) is 0. The normalized spacial score (nSPS) is 16.7. The molecule has 6 heteroatoms. The summed E-state index contributed by atoms with van der Waals surface area (Å²) in [5.41, 5.74) is 2.90. The Balaban J connectivity index is 1.50. The number of carbonyl (C=O) groups is 1. The van der Waals surface area contributed by atoms with Gasteiger partial charge in [-0.25, -0.2) is 0 Å². The average Bonchev–Trinajstić information content (AvgIpc) is 3.30. The number of ether oxygens (including phenoxy) is 1. The van der Waals surface area contributed by atoms with Gasteiger partial charge in [0, 0.05) is 30.1 Å². The Morgan fingerprint density at radius 3 is 2.59 bits per heavy atom. The third kappa shape index (κ3) is 3.56. The third-order valence-electron chi connectivity index (χ3n) is 4.69. The van der Waals surface area contributed by atoms with Crippen LogP contribution in [0.15, 0.2) is 53.1 Å². The number of nitrogens with zero attached hydrogens (tertiary/aromatic N) is 3. The van der Waals surface area contributed by atoms with Crippen molar-refractivity contribution in [1.29, 1.82) is 0 Å². The Labute approximate surface area is 157 Å². The van der Waals surface area contributed by atoms with Crippen LogP contribution in [0.25, 0.3) is 11.5 Å². The predicted octanol–water partition coefficient (Wildman–Crippen LogP) is 3.96. The number of aryl methyl sites for hydroxylation is 1. The highest BCUT2D eigenvalue weighted by atomic mass is 16.5. The maximum atomic E-state index is 12.4. The Hall–Kier alpha value is -3.15. The molecule has 0 N–H and O–H groups in total. The molecule has 1 aliphatic heterocycles. The van der Waals surface area contributed by atoms with Gasteiger partial charge in [0.2, 0.25) is 5.91 Å². The lowest BCUT2D eigenvalue weighted by Crippen LogP contribution is -2.24. The second-order valence-corrected chi connectivity index (χ2v) is 6.66. The summed E-state index contributed by atoms with van der Waals surface area (Å²) in [5.74, 6) is 1.84. The van der Waals surface area contributed by atoms with Crippen LogP contribution in [0, 0.1) is 6.92 Å². The Morgan fingerprint density at radius 2 is 1.89 bits per heavy atom. The van der Waals surface area contributed by atoms with Crippen LogP contribution >= 0.6 is 0 Å². The van der Waals surface area contributed by atoms with Crippen LogP contribution in [-0.2, 0) is 4.79 Å². The minimum absolute atomic E-state index is 0.0704. The Kier molecular flexibility index (Phi) is 4.62. The summed E-state index contributed by atoms with van der Waals surface area (Å²) in [6, 6.07) is 15.5. The van der Waals surface area contributed by atoms with E-state index >= 15 is 0 Å². The molecule has 2 heterocycles. The third-order valence-corrected chi connectivity index (χ3v) is 4.69. The lowest BCUT2D eigenvalue weighted by molar-refractivity contribution is -0.117. The van der Waals surface area contributed by atoms with Gasteiger partial charge in [-0.3, -0.25) is 4.79 Å². The molecule has 0 bridgehead atoms. The van der Waals surface area contributed by atoms with Gasteiger partial charge in [0.05, 0.1) is 6.61 Å². The van der Waals surface area contributed by atoms with E-state index in [4.69, 9.17) is 9.26 Å². The lowest BCUT2D eigenvalue weighted by Gasteiger charge is -2.16. The molecule has 0 radical (unpaired) electrons. The van der Waals surface area contributed by atoms with Crippen molar-refractivity contribution in [3.05, 3.63) is 59.9 Å². The standard InChI is InChI=1S/C21H21N3O3/c1-3-26-18-10-6-15(7-11-18)21-22-20(23-27-21)16-12-19(25)24(13-16)17-8-4-14(2)5-9-17/h4-11,16H,3,12-13H2,1-2H3/t16-/m0/s1. The summed E-state index contributed by atoms with van der Waals surface area (Å²) < 4.78 is 10.9. The molecular weight excluding hydrogens is 342 g/mol. The van der Waals surface area contributed by atoms with E-state index in [-0.39, 0.29) is 11.8 Å². The maximum Gasteiger partial charge on any atom is 0.257 e. The smallest absolute Gasteiger partial charge is 0.257 e. The summed E-state index contributed by atoms with van der Waals surface area (Å²) in [4.78, 5) is 18.8. The summed E-state index contributed by atoms with van der Waals surface area (Å²) in [7, 11) is 0. The summed E-state index contributed by atoms with van der Waals surface area (Å²) >= 11 is 0. The van der Waals surface area contributed by atoms with Gasteiger partial charge in [0.25, 0.3) is 5.89 Å². The molecule has 6 nitrogen and oxygen atoms in total. The van der Waals surface area contributed by atoms with Crippen molar-refractivity contribution in [2.24, 2.45) is 0 Å². The fourth-order valence-corrected chi connectivity index (χ4v) is 3.23. The monoisotopic (exact) mass is 363 g/mol. The van der Waals surface area contributed by atoms with E-state index in [1.165, 1.54) is 5.56 Å². The minimum atomic E-state index is -0.0704. The fraction of sp³-hybridized carbons (Fsp3) is 0.286. The topological polar surface area (TPSA) is 68.5 Å². The van der Waals surface area contributed by atoms with Crippen molar-refractivity contribution >= 4 is 11.6 Å². The highest BCUT2D eigenvalue weighted by Gasteiger charge is 2.34. The van der Waals surface area contributed by atoms with Crippen LogP contribution in [0.2, 0.25) is 0 Å². The first-order chi connectivity index (χ1) is 13.1. The second-order valence-electron chi connectivity index (χ2n) is 6.66. The average molecular weight is 363 g/mol. The highest BCUT2D eigenvalue weighted by Crippen LogP contribution is 2.31. The number of carbonyl (C=O) groups excluding carboxylic acids is 1. The van der Waals surface area contributed by atoms with Gasteiger partial charge in [-0.15, -0.1) is 0 Å². The van der Waals surface area contributed by atoms with Crippen molar-refractivity contribution in [1.82, 2.24) is 10.1 Å². The van der Waals surface area contributed by atoms with Gasteiger partial charge in [-0.1, -0.05) is 22.9 Å². The highest BCUT2D eigenvalue weighted by molar-refractivity contribution is 5.96. The number of anilines is 1. The Morgan fingerprint density at radius 1 is 1.15 bits per heavy atom. The molecule has 138 valence electrons. The van der Waals surface area contributed by atoms with Crippen molar-refractivity contribution in [2.45, 2.75) is 26.2 Å². The molecule has 2 aromatic carbocycles. The van der Waals surface area contributed by atoms with E-state index in [1.807, 2.05) is 62.4 Å². The molecule has 0 saturated carbocycles. The zero-order valence-electron chi connectivity index (χ0n) is 15.4. The number of aromatic nitrogens is 2. The summed E-state index contributed by atoms with van der Waals surface area (Å²) in [6.45, 7) is 5.16. The van der Waals surface area contributed by atoms with Gasteiger partial charge in [-0.05, 0) is 50.2 Å². The van der Waals surface area contributed by atoms with E-state index < -0.39 is 0 Å². The van der Waals surface area contributed by atoms with E-state index in [0.717, 1.165) is 17.0 Å². The second kappa shape index (κ2) is 7.23. The first kappa shape index (κ1) is 17.3. The fourth-order valence-electron chi connectivity index (χ4n) is 3.23. The molecule has 3 aromatic rings. The van der Waals surface area contributed by atoms with Crippen LogP contribution < -0.4 is 9.64 Å². The van der Waals surface area contributed by atoms with Crippen LogP contribution in [-0.4, -0.2) is 29.2 Å². The molecule has 0 unspecified atom stereocenters. The van der Waals surface area contributed by atoms with Crippen molar-refractivity contribution in [3.63, 3.8) is 0 Å². The number of hydrogen-bond acceptors (Lipinski definition) is 5. The van der Waals surface area contributed by atoms with Crippen molar-refractivity contribution in [2.75, 3.05) is 18.1 Å². The number of benzene rings is 2. The first-order valence-electron chi connectivity index (χ1n) is 9.08. The zero-order valence-corrected chi connectivity index (χ0v) is 15.4. The molecule has 0 spiro atoms. The molecule has 1 fully saturated rings. The molecule has 1 amide bonds. The zero-order chi connectivity index (χ0) is 18.8. The minimum Gasteiger partial charge on any atom is -0.494 e. The predicted molar refractivity (Wildman–Crippen MR) is 102 cm³/mol. The maximum absolute atomic E-state index is 12.4.